The quantitative estimate of drug-likeness (QED) is 0.0965. The number of hydrogen-bond acceptors (Lipinski definition) is 3. The van der Waals surface area contributed by atoms with E-state index in [1.54, 1.807) is 32.0 Å². The predicted molar refractivity (Wildman–Crippen MR) is 198 cm³/mol. The van der Waals surface area contributed by atoms with Crippen LogP contribution in [0.3, 0.4) is 0 Å². The Bertz CT molecular complexity index is 1270. The molecule has 0 spiro atoms. The maximum Gasteiger partial charge on any atom is 0.418 e. The molecule has 3 nitrogen and oxygen atoms in total. The average molecular weight is 669 g/mol. The summed E-state index contributed by atoms with van der Waals surface area (Å²) in [4.78, 5) is 6.93. The van der Waals surface area contributed by atoms with Gasteiger partial charge in [-0.3, -0.25) is 4.98 Å². The van der Waals surface area contributed by atoms with E-state index in [0.717, 1.165) is 37.0 Å². The van der Waals surface area contributed by atoms with Crippen LogP contribution in [0, 0.1) is 5.92 Å². The van der Waals surface area contributed by atoms with Crippen LogP contribution in [0.25, 0.3) is 10.9 Å². The van der Waals surface area contributed by atoms with Gasteiger partial charge in [-0.2, -0.15) is 13.2 Å². The van der Waals surface area contributed by atoms with E-state index in [9.17, 15) is 18.3 Å². The van der Waals surface area contributed by atoms with Gasteiger partial charge in [-0.1, -0.05) is 154 Å². The minimum atomic E-state index is -4.84. The van der Waals surface area contributed by atoms with Gasteiger partial charge in [-0.15, -0.1) is 0 Å². The summed E-state index contributed by atoms with van der Waals surface area (Å²) in [5.41, 5.74) is -0.547. The first-order chi connectivity index (χ1) is 23.1. The number of nitrogens with zero attached hydrogens (tertiary/aromatic N) is 2. The zero-order valence-electron chi connectivity index (χ0n) is 30.3. The molecule has 2 atom stereocenters. The number of aromatic nitrogens is 1. The standard InChI is InChI=1S/C42H63F3N2O/c1-5-7-9-11-13-15-17-21-31-47(32-22-18-16-14-12-10-8-6-2)38-29-26-36(27-30-38)40(34(3)4)41(48,42(43,44)45)33-37-28-25-35-23-19-20-24-39(35)46-37/h19-20,23-30,34,40,48H,5-18,21-22,31-33H2,1-4H3. The minimum absolute atomic E-state index is 0.234. The van der Waals surface area contributed by atoms with Crippen LogP contribution in [0.1, 0.15) is 148 Å². The Morgan fingerprint density at radius 2 is 1.15 bits per heavy atom. The van der Waals surface area contributed by atoms with Gasteiger partial charge in [-0.25, -0.2) is 0 Å². The Labute approximate surface area is 289 Å². The minimum Gasteiger partial charge on any atom is -0.380 e. The van der Waals surface area contributed by atoms with Gasteiger partial charge in [0.05, 0.1) is 5.52 Å². The summed E-state index contributed by atoms with van der Waals surface area (Å²) < 4.78 is 44.7. The monoisotopic (exact) mass is 668 g/mol. The number of rotatable bonds is 24. The second-order valence-corrected chi connectivity index (χ2v) is 14.3. The molecule has 0 aliphatic heterocycles. The van der Waals surface area contributed by atoms with Gasteiger partial charge in [0.25, 0.3) is 0 Å². The van der Waals surface area contributed by atoms with Gasteiger partial charge in [-0.05, 0) is 48.6 Å². The molecule has 3 aromatic rings. The Balaban J connectivity index is 1.75. The number of unbranched alkanes of at least 4 members (excludes halogenated alkanes) is 14. The summed E-state index contributed by atoms with van der Waals surface area (Å²) in [6.07, 6.45) is 14.8. The smallest absolute Gasteiger partial charge is 0.380 e. The normalized spacial score (nSPS) is 14.0. The summed E-state index contributed by atoms with van der Waals surface area (Å²) in [5.74, 6) is -1.60. The maximum atomic E-state index is 14.9. The third-order valence-electron chi connectivity index (χ3n) is 9.96. The van der Waals surface area contributed by atoms with Gasteiger partial charge in [0, 0.05) is 42.2 Å². The van der Waals surface area contributed by atoms with E-state index in [-0.39, 0.29) is 5.69 Å². The molecule has 0 amide bonds. The molecule has 1 heterocycles. The molecule has 2 aromatic carbocycles. The number of pyridine rings is 1. The molecule has 2 unspecified atom stereocenters. The molecule has 0 fully saturated rings. The van der Waals surface area contributed by atoms with Crippen molar-refractivity contribution in [2.45, 2.75) is 155 Å². The van der Waals surface area contributed by atoms with Crippen LogP contribution in [0.15, 0.2) is 60.7 Å². The topological polar surface area (TPSA) is 36.4 Å². The largest absolute Gasteiger partial charge is 0.418 e. The highest BCUT2D eigenvalue weighted by atomic mass is 19.4. The van der Waals surface area contributed by atoms with E-state index >= 15 is 0 Å². The molecule has 0 aliphatic rings. The summed E-state index contributed by atoms with van der Waals surface area (Å²) in [7, 11) is 0. The molecule has 0 saturated heterocycles. The molecular weight excluding hydrogens is 605 g/mol. The zero-order chi connectivity index (χ0) is 34.8. The van der Waals surface area contributed by atoms with Crippen molar-refractivity contribution in [2.75, 3.05) is 18.0 Å². The Morgan fingerprint density at radius 3 is 1.65 bits per heavy atom. The molecule has 0 saturated carbocycles. The molecule has 48 heavy (non-hydrogen) atoms. The van der Waals surface area contributed by atoms with E-state index in [2.05, 4.69) is 23.7 Å². The van der Waals surface area contributed by atoms with Crippen LogP contribution in [0.4, 0.5) is 18.9 Å². The van der Waals surface area contributed by atoms with E-state index < -0.39 is 30.0 Å². The van der Waals surface area contributed by atoms with Crippen molar-refractivity contribution in [3.63, 3.8) is 0 Å². The third-order valence-corrected chi connectivity index (χ3v) is 9.96. The van der Waals surface area contributed by atoms with Crippen molar-refractivity contribution >= 4 is 16.6 Å². The van der Waals surface area contributed by atoms with Crippen LogP contribution in [-0.2, 0) is 6.42 Å². The van der Waals surface area contributed by atoms with Crippen molar-refractivity contribution in [1.29, 1.82) is 0 Å². The summed E-state index contributed by atoms with van der Waals surface area (Å²) in [6, 6.07) is 18.3. The fourth-order valence-electron chi connectivity index (χ4n) is 7.22. The molecular formula is C42H63F3N2O. The van der Waals surface area contributed by atoms with E-state index in [4.69, 9.17) is 0 Å². The molecule has 268 valence electrons. The van der Waals surface area contributed by atoms with Gasteiger partial charge in [0.2, 0.25) is 0 Å². The molecule has 3 rings (SSSR count). The lowest BCUT2D eigenvalue weighted by Crippen LogP contribution is -2.53. The highest BCUT2D eigenvalue weighted by molar-refractivity contribution is 5.78. The van der Waals surface area contributed by atoms with E-state index in [0.29, 0.717) is 11.1 Å². The number of alkyl halides is 3. The Morgan fingerprint density at radius 1 is 0.646 bits per heavy atom. The zero-order valence-corrected chi connectivity index (χ0v) is 30.3. The van der Waals surface area contributed by atoms with Crippen LogP contribution < -0.4 is 4.90 Å². The number of para-hydroxylation sites is 1. The number of anilines is 1. The van der Waals surface area contributed by atoms with Gasteiger partial charge < -0.3 is 10.0 Å². The Hall–Kier alpha value is -2.60. The molecule has 1 N–H and O–H groups in total. The third kappa shape index (κ3) is 12.4. The van der Waals surface area contributed by atoms with Gasteiger partial charge in [0.15, 0.2) is 5.60 Å². The highest BCUT2D eigenvalue weighted by Crippen LogP contribution is 2.47. The second kappa shape index (κ2) is 20.8. The van der Waals surface area contributed by atoms with Crippen molar-refractivity contribution in [1.82, 2.24) is 4.98 Å². The van der Waals surface area contributed by atoms with Crippen LogP contribution in [0.5, 0.6) is 0 Å². The van der Waals surface area contributed by atoms with Gasteiger partial charge >= 0.3 is 6.18 Å². The van der Waals surface area contributed by atoms with Crippen LogP contribution >= 0.6 is 0 Å². The van der Waals surface area contributed by atoms with Crippen molar-refractivity contribution in [3.05, 3.63) is 71.9 Å². The number of hydrogen-bond donors (Lipinski definition) is 1. The van der Waals surface area contributed by atoms with Gasteiger partial charge in [0.1, 0.15) is 0 Å². The lowest BCUT2D eigenvalue weighted by molar-refractivity contribution is -0.272. The molecule has 1 aromatic heterocycles. The number of halogens is 3. The first-order valence-corrected chi connectivity index (χ1v) is 19.1. The Kier molecular flexibility index (Phi) is 17.3. The van der Waals surface area contributed by atoms with Crippen LogP contribution in [0.2, 0.25) is 0 Å². The van der Waals surface area contributed by atoms with Crippen molar-refractivity contribution < 1.29 is 18.3 Å². The fraction of sp³-hybridized carbons (Fsp3) is 0.643. The molecule has 0 radical (unpaired) electrons. The lowest BCUT2D eigenvalue weighted by Gasteiger charge is -2.40. The number of benzene rings is 2. The first kappa shape index (κ1) is 39.8. The van der Waals surface area contributed by atoms with Crippen molar-refractivity contribution in [2.24, 2.45) is 5.92 Å². The first-order valence-electron chi connectivity index (χ1n) is 19.1. The molecule has 0 aliphatic carbocycles. The summed E-state index contributed by atoms with van der Waals surface area (Å²) in [5, 5.41) is 12.5. The second-order valence-electron chi connectivity index (χ2n) is 14.3. The molecule has 6 heteroatoms. The van der Waals surface area contributed by atoms with Crippen LogP contribution in [-0.4, -0.2) is 35.0 Å². The number of fused-ring (bicyclic) bond motifs is 1. The predicted octanol–water partition coefficient (Wildman–Crippen LogP) is 12.6. The number of aliphatic hydroxyl groups is 1. The highest BCUT2D eigenvalue weighted by Gasteiger charge is 2.59. The summed E-state index contributed by atoms with van der Waals surface area (Å²) in [6.45, 7) is 9.93. The lowest BCUT2D eigenvalue weighted by atomic mass is 9.72. The van der Waals surface area contributed by atoms with Crippen molar-refractivity contribution in [3.8, 4) is 0 Å². The summed E-state index contributed by atoms with van der Waals surface area (Å²) >= 11 is 0. The van der Waals surface area contributed by atoms with E-state index in [1.165, 1.54) is 89.9 Å². The van der Waals surface area contributed by atoms with E-state index in [1.807, 2.05) is 42.5 Å². The molecule has 0 bridgehead atoms. The fourth-order valence-corrected chi connectivity index (χ4v) is 7.22. The average Bonchev–Trinajstić information content (AvgIpc) is 3.06. The SMILES string of the molecule is CCCCCCCCCCN(CCCCCCCCCC)c1ccc(C(C(C)C)C(O)(Cc2ccc3ccccc3n2)C(F)(F)F)cc1. The maximum absolute atomic E-state index is 14.9.